The lowest BCUT2D eigenvalue weighted by Crippen LogP contribution is -2.22. The van der Waals surface area contributed by atoms with Gasteiger partial charge in [0, 0.05) is 24.2 Å². The molecule has 0 saturated carbocycles. The summed E-state index contributed by atoms with van der Waals surface area (Å²) in [4.78, 5) is 16.4. The van der Waals surface area contributed by atoms with E-state index < -0.39 is 0 Å². The number of nitrogens with one attached hydrogen (secondary N) is 2. The molecule has 26 heavy (non-hydrogen) atoms. The third-order valence-corrected chi connectivity index (χ3v) is 4.18. The minimum absolute atomic E-state index is 0.174. The molecule has 1 aromatic carbocycles. The number of aromatic amines is 1. The Bertz CT molecular complexity index is 1210. The standard InChI is InChI=1S/C18H14FN5O2/c1-10(16-5-11-4-13(19)2-3-15(11)26-16)21-9-14-6-17(25)24-18(23-14)12(7-20)8-22-24/h2-6,8,10,21-22H,9H2,1H3. The van der Waals surface area contributed by atoms with Crippen LogP contribution in [0.25, 0.3) is 16.6 Å². The van der Waals surface area contributed by atoms with E-state index in [0.29, 0.717) is 40.2 Å². The molecule has 4 aromatic rings. The Balaban J connectivity index is 1.57. The normalized spacial score (nSPS) is 12.5. The van der Waals surface area contributed by atoms with Gasteiger partial charge in [-0.1, -0.05) is 0 Å². The van der Waals surface area contributed by atoms with Crippen LogP contribution in [0, 0.1) is 17.1 Å². The summed E-state index contributed by atoms with van der Waals surface area (Å²) in [5.74, 6) is 0.339. The van der Waals surface area contributed by atoms with Crippen LogP contribution in [0.2, 0.25) is 0 Å². The summed E-state index contributed by atoms with van der Waals surface area (Å²) in [7, 11) is 0. The number of fused-ring (bicyclic) bond motifs is 2. The zero-order chi connectivity index (χ0) is 18.3. The highest BCUT2D eigenvalue weighted by Crippen LogP contribution is 2.24. The van der Waals surface area contributed by atoms with Gasteiger partial charge in [0.05, 0.1) is 11.7 Å². The molecule has 8 heteroatoms. The average molecular weight is 351 g/mol. The third kappa shape index (κ3) is 2.74. The lowest BCUT2D eigenvalue weighted by Gasteiger charge is -2.10. The van der Waals surface area contributed by atoms with Gasteiger partial charge in [-0.05, 0) is 31.2 Å². The highest BCUT2D eigenvalue weighted by atomic mass is 19.1. The molecular weight excluding hydrogens is 337 g/mol. The van der Waals surface area contributed by atoms with E-state index in [1.54, 1.807) is 12.1 Å². The number of hydrogen-bond acceptors (Lipinski definition) is 5. The van der Waals surface area contributed by atoms with Crippen LogP contribution in [0.15, 0.2) is 45.7 Å². The smallest absolute Gasteiger partial charge is 0.272 e. The zero-order valence-electron chi connectivity index (χ0n) is 13.8. The van der Waals surface area contributed by atoms with E-state index in [1.165, 1.54) is 28.9 Å². The molecule has 3 aromatic heterocycles. The van der Waals surface area contributed by atoms with Crippen LogP contribution in [0.5, 0.6) is 0 Å². The number of nitrogens with zero attached hydrogens (tertiary/aromatic N) is 3. The Kier molecular flexibility index (Phi) is 3.78. The van der Waals surface area contributed by atoms with Gasteiger partial charge in [0.1, 0.15) is 28.8 Å². The number of benzene rings is 1. The molecule has 1 atom stereocenters. The fourth-order valence-electron chi connectivity index (χ4n) is 2.81. The van der Waals surface area contributed by atoms with Gasteiger partial charge in [0.15, 0.2) is 5.65 Å². The molecule has 2 N–H and O–H groups in total. The van der Waals surface area contributed by atoms with E-state index in [1.807, 2.05) is 13.0 Å². The number of nitriles is 1. The molecule has 3 heterocycles. The molecule has 0 aliphatic heterocycles. The Morgan fingerprint density at radius 2 is 2.27 bits per heavy atom. The largest absolute Gasteiger partial charge is 0.459 e. The lowest BCUT2D eigenvalue weighted by atomic mass is 10.2. The van der Waals surface area contributed by atoms with Gasteiger partial charge in [0.25, 0.3) is 5.56 Å². The van der Waals surface area contributed by atoms with E-state index in [9.17, 15) is 9.18 Å². The lowest BCUT2D eigenvalue weighted by molar-refractivity contribution is 0.448. The number of rotatable bonds is 4. The molecule has 0 aliphatic carbocycles. The summed E-state index contributed by atoms with van der Waals surface area (Å²) >= 11 is 0. The van der Waals surface area contributed by atoms with Crippen molar-refractivity contribution >= 4 is 16.6 Å². The van der Waals surface area contributed by atoms with Crippen molar-refractivity contribution < 1.29 is 8.81 Å². The van der Waals surface area contributed by atoms with Gasteiger partial charge < -0.3 is 9.73 Å². The van der Waals surface area contributed by atoms with Gasteiger partial charge >= 0.3 is 0 Å². The number of H-pyrrole nitrogens is 1. The first-order valence-corrected chi connectivity index (χ1v) is 7.97. The summed E-state index contributed by atoms with van der Waals surface area (Å²) in [5.41, 5.74) is 1.43. The maximum Gasteiger partial charge on any atom is 0.272 e. The fourth-order valence-corrected chi connectivity index (χ4v) is 2.81. The summed E-state index contributed by atoms with van der Waals surface area (Å²) in [6, 6.07) is 9.36. The summed E-state index contributed by atoms with van der Waals surface area (Å²) < 4.78 is 20.2. The zero-order valence-corrected chi connectivity index (χ0v) is 13.8. The Morgan fingerprint density at radius 1 is 1.42 bits per heavy atom. The topological polar surface area (TPSA) is 99.1 Å². The van der Waals surface area contributed by atoms with Gasteiger partial charge in [-0.25, -0.2) is 13.9 Å². The molecule has 0 radical (unpaired) electrons. The van der Waals surface area contributed by atoms with Crippen molar-refractivity contribution in [3.05, 3.63) is 69.7 Å². The van der Waals surface area contributed by atoms with Gasteiger partial charge in [-0.2, -0.15) is 5.26 Å². The molecular formula is C18H14FN5O2. The van der Waals surface area contributed by atoms with Gasteiger partial charge in [0.2, 0.25) is 0 Å². The summed E-state index contributed by atoms with van der Waals surface area (Å²) in [6.45, 7) is 2.21. The molecule has 130 valence electrons. The van der Waals surface area contributed by atoms with Crippen LogP contribution in [0.1, 0.15) is 30.0 Å². The second-order valence-corrected chi connectivity index (χ2v) is 5.98. The van der Waals surface area contributed by atoms with Crippen molar-refractivity contribution in [1.29, 1.82) is 5.26 Å². The van der Waals surface area contributed by atoms with Crippen LogP contribution in [0.4, 0.5) is 4.39 Å². The average Bonchev–Trinajstić information content (AvgIpc) is 3.23. The number of halogens is 1. The molecule has 0 bridgehead atoms. The summed E-state index contributed by atoms with van der Waals surface area (Å²) in [5, 5.41) is 15.7. The van der Waals surface area contributed by atoms with Crippen LogP contribution in [-0.4, -0.2) is 14.6 Å². The highest BCUT2D eigenvalue weighted by Gasteiger charge is 2.13. The highest BCUT2D eigenvalue weighted by molar-refractivity contribution is 5.78. The molecule has 0 fully saturated rings. The molecule has 0 aliphatic rings. The molecule has 0 saturated heterocycles. The molecule has 1 unspecified atom stereocenters. The minimum Gasteiger partial charge on any atom is -0.459 e. The fraction of sp³-hybridized carbons (Fsp3) is 0.167. The first-order chi connectivity index (χ1) is 12.5. The summed E-state index contributed by atoms with van der Waals surface area (Å²) in [6.07, 6.45) is 1.44. The van der Waals surface area contributed by atoms with Crippen molar-refractivity contribution in [3.8, 4) is 6.07 Å². The molecule has 0 amide bonds. The number of hydrogen-bond donors (Lipinski definition) is 2. The van der Waals surface area contributed by atoms with Crippen molar-refractivity contribution in [2.24, 2.45) is 0 Å². The quantitative estimate of drug-likeness (QED) is 0.589. The van der Waals surface area contributed by atoms with Crippen molar-refractivity contribution in [3.63, 3.8) is 0 Å². The van der Waals surface area contributed by atoms with E-state index in [-0.39, 0.29) is 17.4 Å². The van der Waals surface area contributed by atoms with Crippen molar-refractivity contribution in [2.75, 3.05) is 0 Å². The van der Waals surface area contributed by atoms with Crippen LogP contribution in [-0.2, 0) is 6.54 Å². The van der Waals surface area contributed by atoms with Crippen LogP contribution >= 0.6 is 0 Å². The molecule has 0 spiro atoms. The van der Waals surface area contributed by atoms with Crippen LogP contribution in [0.3, 0.4) is 0 Å². The van der Waals surface area contributed by atoms with Crippen molar-refractivity contribution in [2.45, 2.75) is 19.5 Å². The Morgan fingerprint density at radius 3 is 3.08 bits per heavy atom. The molecule has 4 rings (SSSR count). The maximum absolute atomic E-state index is 13.3. The minimum atomic E-state index is -0.316. The Hall–Kier alpha value is -3.44. The van der Waals surface area contributed by atoms with E-state index in [2.05, 4.69) is 15.4 Å². The molecule has 7 nitrogen and oxygen atoms in total. The predicted molar refractivity (Wildman–Crippen MR) is 92.0 cm³/mol. The SMILES string of the molecule is CC(NCc1cc(=O)n2[nH]cc(C#N)c2n1)c1cc2cc(F)ccc2o1. The van der Waals surface area contributed by atoms with Gasteiger partial charge in [-0.3, -0.25) is 9.89 Å². The number of aromatic nitrogens is 3. The van der Waals surface area contributed by atoms with E-state index >= 15 is 0 Å². The van der Waals surface area contributed by atoms with Crippen LogP contribution < -0.4 is 10.9 Å². The first-order valence-electron chi connectivity index (χ1n) is 7.97. The predicted octanol–water partition coefficient (Wildman–Crippen LogP) is 2.63. The monoisotopic (exact) mass is 351 g/mol. The van der Waals surface area contributed by atoms with E-state index in [4.69, 9.17) is 9.68 Å². The first kappa shape index (κ1) is 16.1. The van der Waals surface area contributed by atoms with Crippen molar-refractivity contribution in [1.82, 2.24) is 19.9 Å². The second-order valence-electron chi connectivity index (χ2n) is 5.98. The Labute approximate surface area is 146 Å². The van der Waals surface area contributed by atoms with E-state index in [0.717, 1.165) is 0 Å². The second kappa shape index (κ2) is 6.13. The number of furan rings is 1. The van der Waals surface area contributed by atoms with Gasteiger partial charge in [-0.15, -0.1) is 0 Å². The third-order valence-electron chi connectivity index (χ3n) is 4.18. The maximum atomic E-state index is 13.3.